The zero-order valence-corrected chi connectivity index (χ0v) is 15.2. The molecule has 1 fully saturated rings. The molecule has 1 N–H and O–H groups in total. The van der Waals surface area contributed by atoms with E-state index in [4.69, 9.17) is 4.74 Å². The van der Waals surface area contributed by atoms with E-state index in [2.05, 4.69) is 42.8 Å². The van der Waals surface area contributed by atoms with Gasteiger partial charge in [-0.1, -0.05) is 11.6 Å². The maximum atomic E-state index is 13.2. The van der Waals surface area contributed by atoms with Crippen molar-refractivity contribution in [3.8, 4) is 0 Å². The van der Waals surface area contributed by atoms with Crippen LogP contribution in [0.25, 0.3) is 10.9 Å². The molecule has 1 aliphatic heterocycles. The highest BCUT2D eigenvalue weighted by molar-refractivity contribution is 6.02. The smallest absolute Gasteiger partial charge is 0.270 e. The second-order valence-electron chi connectivity index (χ2n) is 7.06. The Morgan fingerprint density at radius 2 is 2.08 bits per heavy atom. The van der Waals surface area contributed by atoms with Crippen LogP contribution in [0.3, 0.4) is 0 Å². The quantitative estimate of drug-likeness (QED) is 0.917. The fourth-order valence-electron chi connectivity index (χ4n) is 3.96. The molecule has 0 saturated carbocycles. The van der Waals surface area contributed by atoms with E-state index in [9.17, 15) is 4.79 Å². The average Bonchev–Trinajstić information content (AvgIpc) is 2.90. The van der Waals surface area contributed by atoms with Crippen molar-refractivity contribution in [2.75, 3.05) is 20.3 Å². The van der Waals surface area contributed by atoms with Gasteiger partial charge in [0.15, 0.2) is 0 Å². The van der Waals surface area contributed by atoms with Crippen molar-refractivity contribution >= 4 is 16.8 Å². The number of benzene rings is 1. The predicted molar refractivity (Wildman–Crippen MR) is 97.7 cm³/mol. The Morgan fingerprint density at radius 3 is 2.83 bits per heavy atom. The third-order valence-corrected chi connectivity index (χ3v) is 5.27. The van der Waals surface area contributed by atoms with Gasteiger partial charge in [-0.05, 0) is 63.6 Å². The summed E-state index contributed by atoms with van der Waals surface area (Å²) in [5.41, 5.74) is 5.34. The number of likely N-dealkylation sites (tertiary alicyclic amines) is 1. The fraction of sp³-hybridized carbons (Fsp3) is 0.550. The first-order valence-electron chi connectivity index (χ1n) is 8.92. The van der Waals surface area contributed by atoms with Gasteiger partial charge in [-0.3, -0.25) is 4.79 Å². The fourth-order valence-corrected chi connectivity index (χ4v) is 3.96. The number of nitrogens with zero attached hydrogens (tertiary/aromatic N) is 1. The highest BCUT2D eigenvalue weighted by atomic mass is 16.5. The number of aromatic amines is 1. The normalized spacial score (nSPS) is 18.3. The molecule has 4 nitrogen and oxygen atoms in total. The summed E-state index contributed by atoms with van der Waals surface area (Å²) in [5, 5.41) is 1.17. The largest absolute Gasteiger partial charge is 0.385 e. The van der Waals surface area contributed by atoms with Gasteiger partial charge in [0.05, 0.1) is 0 Å². The zero-order valence-electron chi connectivity index (χ0n) is 15.2. The van der Waals surface area contributed by atoms with Crippen molar-refractivity contribution < 1.29 is 9.53 Å². The third-order valence-electron chi connectivity index (χ3n) is 5.27. The molecule has 0 radical (unpaired) electrons. The molecule has 3 rings (SSSR count). The van der Waals surface area contributed by atoms with Crippen LogP contribution in [0.4, 0.5) is 0 Å². The van der Waals surface area contributed by atoms with Gasteiger partial charge < -0.3 is 14.6 Å². The second kappa shape index (κ2) is 6.98. The van der Waals surface area contributed by atoms with Crippen LogP contribution in [-0.2, 0) is 4.74 Å². The van der Waals surface area contributed by atoms with E-state index >= 15 is 0 Å². The molecule has 1 aliphatic rings. The lowest BCUT2D eigenvalue weighted by Gasteiger charge is -2.35. The summed E-state index contributed by atoms with van der Waals surface area (Å²) < 4.78 is 5.23. The first kappa shape index (κ1) is 17.0. The van der Waals surface area contributed by atoms with Gasteiger partial charge in [0, 0.05) is 37.2 Å². The Morgan fingerprint density at radius 1 is 1.29 bits per heavy atom. The highest BCUT2D eigenvalue weighted by Gasteiger charge is 2.29. The van der Waals surface area contributed by atoms with E-state index in [-0.39, 0.29) is 5.91 Å². The lowest BCUT2D eigenvalue weighted by molar-refractivity contribution is 0.0547. The number of aryl methyl sites for hydroxylation is 3. The number of amides is 1. The summed E-state index contributed by atoms with van der Waals surface area (Å²) in [6.45, 7) is 7.81. The van der Waals surface area contributed by atoms with Crippen molar-refractivity contribution in [2.24, 2.45) is 0 Å². The van der Waals surface area contributed by atoms with E-state index < -0.39 is 0 Å². The molecule has 1 amide bonds. The highest BCUT2D eigenvalue weighted by Crippen LogP contribution is 2.29. The number of carbonyl (C=O) groups is 1. The van der Waals surface area contributed by atoms with Gasteiger partial charge in [-0.2, -0.15) is 0 Å². The van der Waals surface area contributed by atoms with E-state index in [1.807, 2.05) is 0 Å². The van der Waals surface area contributed by atoms with E-state index in [1.165, 1.54) is 22.9 Å². The molecular weight excluding hydrogens is 300 g/mol. The number of rotatable bonds is 4. The molecule has 1 saturated heterocycles. The SMILES string of the molecule is COCCC1CCCCN1C(=O)c1[nH]c2c(C)cc(C)cc2c1C. The Hall–Kier alpha value is -1.81. The molecule has 130 valence electrons. The molecule has 1 unspecified atom stereocenters. The molecule has 2 aromatic rings. The summed E-state index contributed by atoms with van der Waals surface area (Å²) in [7, 11) is 1.72. The summed E-state index contributed by atoms with van der Waals surface area (Å²) in [6.07, 6.45) is 4.28. The Bertz CT molecular complexity index is 748. The van der Waals surface area contributed by atoms with Crippen LogP contribution in [0.1, 0.15) is 52.9 Å². The van der Waals surface area contributed by atoms with Crippen molar-refractivity contribution in [3.63, 3.8) is 0 Å². The lowest BCUT2D eigenvalue weighted by Crippen LogP contribution is -2.44. The molecule has 4 heteroatoms. The number of methoxy groups -OCH3 is 1. The first-order valence-corrected chi connectivity index (χ1v) is 8.92. The van der Waals surface area contributed by atoms with Gasteiger partial charge in [0.1, 0.15) is 5.69 Å². The summed E-state index contributed by atoms with van der Waals surface area (Å²) in [5.74, 6) is 0.140. The van der Waals surface area contributed by atoms with Crippen LogP contribution < -0.4 is 0 Å². The molecule has 0 bridgehead atoms. The van der Waals surface area contributed by atoms with Crippen LogP contribution in [0.2, 0.25) is 0 Å². The monoisotopic (exact) mass is 328 g/mol. The number of hydrogen-bond acceptors (Lipinski definition) is 2. The molecule has 24 heavy (non-hydrogen) atoms. The van der Waals surface area contributed by atoms with E-state index in [0.717, 1.165) is 42.6 Å². The minimum absolute atomic E-state index is 0.140. The van der Waals surface area contributed by atoms with Gasteiger partial charge in [0.2, 0.25) is 0 Å². The number of piperidine rings is 1. The molecule has 2 heterocycles. The standard InChI is InChI=1S/C20H28N2O2/c1-13-11-14(2)18-17(12-13)15(3)19(21-18)20(23)22-9-6-5-7-16(22)8-10-24-4/h11-12,16,21H,5-10H2,1-4H3. The molecular formula is C20H28N2O2. The number of ether oxygens (including phenoxy) is 1. The molecule has 1 atom stereocenters. The topological polar surface area (TPSA) is 45.3 Å². The van der Waals surface area contributed by atoms with E-state index in [0.29, 0.717) is 12.6 Å². The Labute approximate surface area is 144 Å². The van der Waals surface area contributed by atoms with Gasteiger partial charge in [0.25, 0.3) is 5.91 Å². The number of carbonyl (C=O) groups excluding carboxylic acids is 1. The van der Waals surface area contributed by atoms with Crippen molar-refractivity contribution in [1.82, 2.24) is 9.88 Å². The Kier molecular flexibility index (Phi) is 4.95. The van der Waals surface area contributed by atoms with Gasteiger partial charge >= 0.3 is 0 Å². The van der Waals surface area contributed by atoms with Crippen molar-refractivity contribution in [1.29, 1.82) is 0 Å². The number of H-pyrrole nitrogens is 1. The lowest BCUT2D eigenvalue weighted by atomic mass is 9.98. The van der Waals surface area contributed by atoms with Crippen molar-refractivity contribution in [2.45, 2.75) is 52.5 Å². The van der Waals surface area contributed by atoms with Gasteiger partial charge in [-0.25, -0.2) is 0 Å². The van der Waals surface area contributed by atoms with Crippen molar-refractivity contribution in [3.05, 3.63) is 34.5 Å². The molecule has 1 aromatic carbocycles. The zero-order chi connectivity index (χ0) is 17.3. The summed E-state index contributed by atoms with van der Waals surface area (Å²) >= 11 is 0. The minimum Gasteiger partial charge on any atom is -0.385 e. The minimum atomic E-state index is 0.140. The molecule has 0 spiro atoms. The van der Waals surface area contributed by atoms with Crippen LogP contribution in [-0.4, -0.2) is 42.1 Å². The van der Waals surface area contributed by atoms with Crippen LogP contribution in [0.15, 0.2) is 12.1 Å². The van der Waals surface area contributed by atoms with Crippen LogP contribution >= 0.6 is 0 Å². The number of aromatic nitrogens is 1. The maximum Gasteiger partial charge on any atom is 0.270 e. The van der Waals surface area contributed by atoms with Gasteiger partial charge in [-0.15, -0.1) is 0 Å². The maximum absolute atomic E-state index is 13.2. The predicted octanol–water partition coefficient (Wildman–Crippen LogP) is 4.12. The Balaban J connectivity index is 1.95. The molecule has 1 aromatic heterocycles. The summed E-state index contributed by atoms with van der Waals surface area (Å²) in [4.78, 5) is 18.7. The second-order valence-corrected chi connectivity index (χ2v) is 7.06. The third kappa shape index (κ3) is 3.07. The van der Waals surface area contributed by atoms with Crippen LogP contribution in [0, 0.1) is 20.8 Å². The van der Waals surface area contributed by atoms with E-state index in [1.54, 1.807) is 7.11 Å². The number of fused-ring (bicyclic) bond motifs is 1. The molecule has 0 aliphatic carbocycles. The number of nitrogens with one attached hydrogen (secondary N) is 1. The first-order chi connectivity index (χ1) is 11.5. The van der Waals surface area contributed by atoms with Crippen LogP contribution in [0.5, 0.6) is 0 Å². The number of hydrogen-bond donors (Lipinski definition) is 1. The summed E-state index contributed by atoms with van der Waals surface area (Å²) in [6, 6.07) is 4.62. The average molecular weight is 328 g/mol.